The van der Waals surface area contributed by atoms with Gasteiger partial charge in [-0.05, 0) is 45.4 Å². The Morgan fingerprint density at radius 2 is 1.86 bits per heavy atom. The third kappa shape index (κ3) is 3.27. The maximum absolute atomic E-state index is 12.6. The molecule has 1 aromatic carbocycles. The summed E-state index contributed by atoms with van der Waals surface area (Å²) >= 11 is 0. The van der Waals surface area contributed by atoms with Crippen molar-refractivity contribution in [1.29, 1.82) is 0 Å². The van der Waals surface area contributed by atoms with E-state index in [9.17, 15) is 4.79 Å². The van der Waals surface area contributed by atoms with Crippen molar-refractivity contribution in [2.75, 3.05) is 12.4 Å². The molecule has 1 amide bonds. The molecule has 4 nitrogen and oxygen atoms in total. The molecule has 0 radical (unpaired) electrons. The van der Waals surface area contributed by atoms with Crippen LogP contribution < -0.4 is 10.6 Å². The average molecular weight is 290 g/mol. The molecule has 116 valence electrons. The molecular weight excluding hydrogens is 264 g/mol. The molecule has 0 bridgehead atoms. The number of hydrogen-bond acceptors (Lipinski definition) is 3. The summed E-state index contributed by atoms with van der Waals surface area (Å²) in [4.78, 5) is 12.6. The number of benzene rings is 1. The Balaban J connectivity index is 2.17. The fourth-order valence-electron chi connectivity index (χ4n) is 3.08. The highest BCUT2D eigenvalue weighted by Crippen LogP contribution is 2.33. The fourth-order valence-corrected chi connectivity index (χ4v) is 3.08. The molecule has 4 heteroatoms. The van der Waals surface area contributed by atoms with E-state index < -0.39 is 0 Å². The van der Waals surface area contributed by atoms with Crippen LogP contribution in [-0.2, 0) is 9.53 Å². The topological polar surface area (TPSA) is 50.4 Å². The van der Waals surface area contributed by atoms with Gasteiger partial charge in [0.25, 0.3) is 0 Å². The van der Waals surface area contributed by atoms with Crippen LogP contribution in [0.3, 0.4) is 0 Å². The highest BCUT2D eigenvalue weighted by molar-refractivity contribution is 5.94. The zero-order valence-corrected chi connectivity index (χ0v) is 13.5. The van der Waals surface area contributed by atoms with Crippen LogP contribution in [0.1, 0.15) is 39.3 Å². The SMILES string of the molecule is CNC(C)c1ccccc1NC(=O)C1C(C)OC(C)C1C. The Bertz CT molecular complexity index is 503. The maximum atomic E-state index is 12.6. The Hall–Kier alpha value is -1.39. The smallest absolute Gasteiger partial charge is 0.230 e. The molecule has 1 saturated heterocycles. The molecule has 1 aliphatic rings. The number of amides is 1. The first-order valence-corrected chi connectivity index (χ1v) is 7.68. The number of nitrogens with one attached hydrogen (secondary N) is 2. The molecule has 1 fully saturated rings. The minimum absolute atomic E-state index is 0.0381. The van der Waals surface area contributed by atoms with Crippen LogP contribution in [0.15, 0.2) is 24.3 Å². The van der Waals surface area contributed by atoms with Crippen molar-refractivity contribution in [3.63, 3.8) is 0 Å². The van der Waals surface area contributed by atoms with Gasteiger partial charge in [0.2, 0.25) is 5.91 Å². The number of para-hydroxylation sites is 1. The lowest BCUT2D eigenvalue weighted by atomic mass is 9.88. The van der Waals surface area contributed by atoms with Crippen LogP contribution >= 0.6 is 0 Å². The normalized spacial score (nSPS) is 30.1. The van der Waals surface area contributed by atoms with Gasteiger partial charge in [0.15, 0.2) is 0 Å². The van der Waals surface area contributed by atoms with Gasteiger partial charge in [-0.3, -0.25) is 4.79 Å². The molecule has 0 spiro atoms. The number of rotatable bonds is 4. The lowest BCUT2D eigenvalue weighted by molar-refractivity contribution is -0.121. The molecule has 2 N–H and O–H groups in total. The second-order valence-corrected chi connectivity index (χ2v) is 6.02. The van der Waals surface area contributed by atoms with Gasteiger partial charge in [-0.1, -0.05) is 25.1 Å². The van der Waals surface area contributed by atoms with E-state index in [1.165, 1.54) is 0 Å². The van der Waals surface area contributed by atoms with E-state index in [0.717, 1.165) is 11.3 Å². The Kier molecular flexibility index (Phi) is 5.01. The summed E-state index contributed by atoms with van der Waals surface area (Å²) < 4.78 is 5.77. The summed E-state index contributed by atoms with van der Waals surface area (Å²) in [7, 11) is 1.92. The maximum Gasteiger partial charge on any atom is 0.230 e. The van der Waals surface area contributed by atoms with E-state index in [1.54, 1.807) is 0 Å². The van der Waals surface area contributed by atoms with Gasteiger partial charge in [-0.2, -0.15) is 0 Å². The monoisotopic (exact) mass is 290 g/mol. The standard InChI is InChI=1S/C17H26N2O2/c1-10-12(3)21-13(4)16(10)17(20)19-15-9-7-6-8-14(15)11(2)18-5/h6-13,16,18H,1-5H3,(H,19,20). The molecular formula is C17H26N2O2. The van der Waals surface area contributed by atoms with Crippen molar-refractivity contribution >= 4 is 11.6 Å². The zero-order valence-electron chi connectivity index (χ0n) is 13.5. The lowest BCUT2D eigenvalue weighted by Gasteiger charge is -2.21. The van der Waals surface area contributed by atoms with Crippen molar-refractivity contribution < 1.29 is 9.53 Å². The average Bonchev–Trinajstić information content (AvgIpc) is 2.71. The molecule has 1 heterocycles. The quantitative estimate of drug-likeness (QED) is 0.896. The number of hydrogen-bond donors (Lipinski definition) is 2. The van der Waals surface area contributed by atoms with Gasteiger partial charge < -0.3 is 15.4 Å². The van der Waals surface area contributed by atoms with Crippen LogP contribution in [0.4, 0.5) is 5.69 Å². The predicted molar refractivity (Wildman–Crippen MR) is 85.2 cm³/mol. The van der Waals surface area contributed by atoms with Gasteiger partial charge in [-0.25, -0.2) is 0 Å². The molecule has 0 aromatic heterocycles. The molecule has 1 aliphatic heterocycles. The molecule has 21 heavy (non-hydrogen) atoms. The largest absolute Gasteiger partial charge is 0.374 e. The minimum atomic E-state index is -0.0991. The van der Waals surface area contributed by atoms with Crippen molar-refractivity contribution in [2.45, 2.75) is 45.9 Å². The number of carbonyl (C=O) groups excluding carboxylic acids is 1. The van der Waals surface area contributed by atoms with E-state index in [4.69, 9.17) is 4.74 Å². The summed E-state index contributed by atoms with van der Waals surface area (Å²) in [6.45, 7) is 8.18. The first-order chi connectivity index (χ1) is 9.95. The number of ether oxygens (including phenoxy) is 1. The number of carbonyl (C=O) groups is 1. The summed E-state index contributed by atoms with van der Waals surface area (Å²) in [5.74, 6) is 0.182. The van der Waals surface area contributed by atoms with E-state index in [0.29, 0.717) is 0 Å². The van der Waals surface area contributed by atoms with Crippen LogP contribution in [0.2, 0.25) is 0 Å². The first kappa shape index (κ1) is 16.0. The Morgan fingerprint density at radius 1 is 1.19 bits per heavy atom. The fraction of sp³-hybridized carbons (Fsp3) is 0.588. The summed E-state index contributed by atoms with van der Waals surface area (Å²) in [6.07, 6.45) is 0.0890. The molecule has 0 saturated carbocycles. The van der Waals surface area contributed by atoms with Crippen molar-refractivity contribution in [2.24, 2.45) is 11.8 Å². The molecule has 1 aromatic rings. The lowest BCUT2D eigenvalue weighted by Crippen LogP contribution is -2.32. The van der Waals surface area contributed by atoms with Gasteiger partial charge >= 0.3 is 0 Å². The highest BCUT2D eigenvalue weighted by Gasteiger charge is 2.41. The van der Waals surface area contributed by atoms with E-state index in [1.807, 2.05) is 45.2 Å². The van der Waals surface area contributed by atoms with Gasteiger partial charge in [0.1, 0.15) is 0 Å². The third-order valence-corrected chi connectivity index (χ3v) is 4.66. The Morgan fingerprint density at radius 3 is 2.43 bits per heavy atom. The molecule has 2 rings (SSSR count). The van der Waals surface area contributed by atoms with Crippen molar-refractivity contribution in [3.05, 3.63) is 29.8 Å². The van der Waals surface area contributed by atoms with Gasteiger partial charge in [-0.15, -0.1) is 0 Å². The predicted octanol–water partition coefficient (Wildman–Crippen LogP) is 2.97. The highest BCUT2D eigenvalue weighted by atomic mass is 16.5. The molecule has 5 unspecified atom stereocenters. The second-order valence-electron chi connectivity index (χ2n) is 6.02. The third-order valence-electron chi connectivity index (χ3n) is 4.66. The minimum Gasteiger partial charge on any atom is -0.374 e. The second kappa shape index (κ2) is 6.58. The van der Waals surface area contributed by atoms with Crippen molar-refractivity contribution in [1.82, 2.24) is 5.32 Å². The van der Waals surface area contributed by atoms with E-state index in [2.05, 4.69) is 24.5 Å². The Labute approximate surface area is 127 Å². The summed E-state index contributed by atoms with van der Waals surface area (Å²) in [5.41, 5.74) is 1.98. The van der Waals surface area contributed by atoms with Crippen LogP contribution in [-0.4, -0.2) is 25.2 Å². The first-order valence-electron chi connectivity index (χ1n) is 7.68. The van der Waals surface area contributed by atoms with Crippen LogP contribution in [0.5, 0.6) is 0 Å². The summed E-state index contributed by atoms with van der Waals surface area (Å²) in [5, 5.41) is 6.30. The van der Waals surface area contributed by atoms with E-state index >= 15 is 0 Å². The van der Waals surface area contributed by atoms with Crippen LogP contribution in [0.25, 0.3) is 0 Å². The summed E-state index contributed by atoms with van der Waals surface area (Å²) in [6, 6.07) is 8.12. The molecule has 0 aliphatic carbocycles. The van der Waals surface area contributed by atoms with Crippen molar-refractivity contribution in [3.8, 4) is 0 Å². The van der Waals surface area contributed by atoms with E-state index in [-0.39, 0.29) is 36.0 Å². The van der Waals surface area contributed by atoms with Gasteiger partial charge in [0, 0.05) is 11.7 Å². The van der Waals surface area contributed by atoms with Gasteiger partial charge in [0.05, 0.1) is 18.1 Å². The number of anilines is 1. The zero-order chi connectivity index (χ0) is 15.6. The van der Waals surface area contributed by atoms with Crippen LogP contribution in [0, 0.1) is 11.8 Å². The molecule has 5 atom stereocenters.